The van der Waals surface area contributed by atoms with Gasteiger partial charge in [-0.05, 0) is 25.7 Å². The number of ether oxygens (including phenoxy) is 1. The Kier molecular flexibility index (Phi) is 5.29. The van der Waals surface area contributed by atoms with Gasteiger partial charge in [-0.3, -0.25) is 9.59 Å². The fourth-order valence-corrected chi connectivity index (χ4v) is 2.19. The van der Waals surface area contributed by atoms with Gasteiger partial charge in [0.15, 0.2) is 0 Å². The van der Waals surface area contributed by atoms with E-state index in [4.69, 9.17) is 4.74 Å². The Labute approximate surface area is 96.7 Å². The predicted molar refractivity (Wildman–Crippen MR) is 60.8 cm³/mol. The average molecular weight is 227 g/mol. The highest BCUT2D eigenvalue weighted by Crippen LogP contribution is 2.28. The first-order valence-corrected chi connectivity index (χ1v) is 6.06. The van der Waals surface area contributed by atoms with Crippen LogP contribution in [0.2, 0.25) is 0 Å². The van der Waals surface area contributed by atoms with Gasteiger partial charge in [-0.1, -0.05) is 19.8 Å². The molecule has 1 fully saturated rings. The van der Waals surface area contributed by atoms with Crippen LogP contribution in [0.25, 0.3) is 0 Å². The number of carbonyl (C=O) groups excluding carboxylic acids is 2. The van der Waals surface area contributed by atoms with Gasteiger partial charge < -0.3 is 10.1 Å². The van der Waals surface area contributed by atoms with E-state index in [-0.39, 0.29) is 24.3 Å². The Balaban J connectivity index is 2.26. The maximum Gasteiger partial charge on any atom is 0.325 e. The lowest BCUT2D eigenvalue weighted by Crippen LogP contribution is -2.37. The van der Waals surface area contributed by atoms with Crippen LogP contribution in [0.15, 0.2) is 0 Å². The molecular formula is C12H21NO3. The van der Waals surface area contributed by atoms with E-state index < -0.39 is 0 Å². The molecule has 1 amide bonds. The number of nitrogens with one attached hydrogen (secondary N) is 1. The molecule has 1 rings (SSSR count). The van der Waals surface area contributed by atoms with Crippen molar-refractivity contribution in [1.82, 2.24) is 5.32 Å². The second kappa shape index (κ2) is 6.51. The molecule has 1 aliphatic rings. The van der Waals surface area contributed by atoms with Crippen molar-refractivity contribution in [3.63, 3.8) is 0 Å². The minimum atomic E-state index is -0.361. The van der Waals surface area contributed by atoms with Crippen molar-refractivity contribution < 1.29 is 14.3 Å². The molecule has 0 aromatic rings. The average Bonchev–Trinajstić information content (AvgIpc) is 2.26. The zero-order valence-electron chi connectivity index (χ0n) is 10.1. The molecule has 0 heterocycles. The molecule has 4 nitrogen and oxygen atoms in total. The molecule has 1 N–H and O–H groups in total. The first-order chi connectivity index (χ1) is 7.63. The maximum atomic E-state index is 11.7. The summed E-state index contributed by atoms with van der Waals surface area (Å²) in [5.74, 6) is 0.338. The van der Waals surface area contributed by atoms with Gasteiger partial charge in [-0.25, -0.2) is 0 Å². The van der Waals surface area contributed by atoms with Crippen molar-refractivity contribution in [3.8, 4) is 0 Å². The standard InChI is InChI=1S/C12H21NO3/c1-3-16-11(14)8-13-12(15)10-6-4-5-9(2)7-10/h9-10H,3-8H2,1-2H3,(H,13,15). The molecule has 1 aliphatic carbocycles. The van der Waals surface area contributed by atoms with E-state index in [0.29, 0.717) is 12.5 Å². The monoisotopic (exact) mass is 227 g/mol. The van der Waals surface area contributed by atoms with Crippen LogP contribution in [0, 0.1) is 11.8 Å². The van der Waals surface area contributed by atoms with Crippen molar-refractivity contribution in [1.29, 1.82) is 0 Å². The Morgan fingerprint density at radius 2 is 2.12 bits per heavy atom. The fourth-order valence-electron chi connectivity index (χ4n) is 2.19. The molecule has 0 aromatic heterocycles. The Morgan fingerprint density at radius 3 is 2.75 bits per heavy atom. The van der Waals surface area contributed by atoms with Crippen LogP contribution in [0.1, 0.15) is 39.5 Å². The third-order valence-corrected chi connectivity index (χ3v) is 3.02. The van der Waals surface area contributed by atoms with Gasteiger partial charge in [0, 0.05) is 5.92 Å². The smallest absolute Gasteiger partial charge is 0.325 e. The Morgan fingerprint density at radius 1 is 1.38 bits per heavy atom. The fraction of sp³-hybridized carbons (Fsp3) is 0.833. The minimum absolute atomic E-state index is 0.000368. The van der Waals surface area contributed by atoms with Crippen LogP contribution in [0.5, 0.6) is 0 Å². The van der Waals surface area contributed by atoms with Gasteiger partial charge >= 0.3 is 5.97 Å². The summed E-state index contributed by atoms with van der Waals surface area (Å²) in [5.41, 5.74) is 0. The summed E-state index contributed by atoms with van der Waals surface area (Å²) in [6.45, 7) is 4.28. The van der Waals surface area contributed by atoms with Gasteiger partial charge in [0.25, 0.3) is 0 Å². The molecule has 0 aromatic carbocycles. The van der Waals surface area contributed by atoms with Crippen LogP contribution in [-0.2, 0) is 14.3 Å². The third kappa shape index (κ3) is 4.21. The molecule has 0 spiro atoms. The van der Waals surface area contributed by atoms with E-state index in [1.165, 1.54) is 6.42 Å². The quantitative estimate of drug-likeness (QED) is 0.740. The van der Waals surface area contributed by atoms with Gasteiger partial charge in [0.05, 0.1) is 6.61 Å². The highest BCUT2D eigenvalue weighted by molar-refractivity contribution is 5.83. The van der Waals surface area contributed by atoms with E-state index in [2.05, 4.69) is 12.2 Å². The summed E-state index contributed by atoms with van der Waals surface area (Å²) < 4.78 is 4.75. The predicted octanol–water partition coefficient (Wildman–Crippen LogP) is 1.49. The maximum absolute atomic E-state index is 11.7. The van der Waals surface area contributed by atoms with Crippen molar-refractivity contribution in [2.45, 2.75) is 39.5 Å². The van der Waals surface area contributed by atoms with Gasteiger partial charge in [-0.2, -0.15) is 0 Å². The molecule has 4 heteroatoms. The van der Waals surface area contributed by atoms with E-state index in [9.17, 15) is 9.59 Å². The number of esters is 1. The highest BCUT2D eigenvalue weighted by atomic mass is 16.5. The largest absolute Gasteiger partial charge is 0.465 e. The number of carbonyl (C=O) groups is 2. The molecule has 0 aliphatic heterocycles. The molecule has 0 radical (unpaired) electrons. The first-order valence-electron chi connectivity index (χ1n) is 6.06. The minimum Gasteiger partial charge on any atom is -0.465 e. The second-order valence-corrected chi connectivity index (χ2v) is 4.49. The topological polar surface area (TPSA) is 55.4 Å². The summed E-state index contributed by atoms with van der Waals surface area (Å²) in [6, 6.07) is 0. The molecule has 2 unspecified atom stereocenters. The van der Waals surface area contributed by atoms with Crippen LogP contribution in [0.4, 0.5) is 0 Å². The van der Waals surface area contributed by atoms with Crippen molar-refractivity contribution in [2.75, 3.05) is 13.2 Å². The number of hydrogen-bond acceptors (Lipinski definition) is 3. The first kappa shape index (κ1) is 13.0. The SMILES string of the molecule is CCOC(=O)CNC(=O)C1CCCC(C)C1. The van der Waals surface area contributed by atoms with Gasteiger partial charge in [-0.15, -0.1) is 0 Å². The van der Waals surface area contributed by atoms with Crippen LogP contribution >= 0.6 is 0 Å². The summed E-state index contributed by atoms with van der Waals surface area (Å²) in [4.78, 5) is 22.8. The summed E-state index contributed by atoms with van der Waals surface area (Å²) in [7, 11) is 0. The van der Waals surface area contributed by atoms with Crippen LogP contribution < -0.4 is 5.32 Å². The van der Waals surface area contributed by atoms with Crippen LogP contribution in [0.3, 0.4) is 0 Å². The highest BCUT2D eigenvalue weighted by Gasteiger charge is 2.25. The molecule has 0 saturated heterocycles. The Hall–Kier alpha value is -1.06. The molecule has 16 heavy (non-hydrogen) atoms. The lowest BCUT2D eigenvalue weighted by atomic mass is 9.82. The van der Waals surface area contributed by atoms with E-state index >= 15 is 0 Å². The second-order valence-electron chi connectivity index (χ2n) is 4.49. The molecule has 1 saturated carbocycles. The van der Waals surface area contributed by atoms with Crippen molar-refractivity contribution in [2.24, 2.45) is 11.8 Å². The molecule has 0 bridgehead atoms. The summed E-state index contributed by atoms with van der Waals surface area (Å²) in [5, 5.41) is 2.64. The lowest BCUT2D eigenvalue weighted by molar-refractivity contribution is -0.144. The number of rotatable bonds is 4. The zero-order chi connectivity index (χ0) is 12.0. The molecule has 2 atom stereocenters. The van der Waals surface area contributed by atoms with E-state index in [1.807, 2.05) is 0 Å². The van der Waals surface area contributed by atoms with Crippen molar-refractivity contribution >= 4 is 11.9 Å². The Bertz CT molecular complexity index is 253. The number of amides is 1. The van der Waals surface area contributed by atoms with Crippen LogP contribution in [-0.4, -0.2) is 25.0 Å². The normalized spacial score (nSPS) is 24.9. The van der Waals surface area contributed by atoms with Crippen molar-refractivity contribution in [3.05, 3.63) is 0 Å². The summed E-state index contributed by atoms with van der Waals surface area (Å²) >= 11 is 0. The van der Waals surface area contributed by atoms with Gasteiger partial charge in [0.1, 0.15) is 6.54 Å². The van der Waals surface area contributed by atoms with E-state index in [1.54, 1.807) is 6.92 Å². The van der Waals surface area contributed by atoms with E-state index in [0.717, 1.165) is 19.3 Å². The summed E-state index contributed by atoms with van der Waals surface area (Å²) in [6.07, 6.45) is 4.20. The lowest BCUT2D eigenvalue weighted by Gasteiger charge is -2.25. The molecule has 92 valence electrons. The zero-order valence-corrected chi connectivity index (χ0v) is 10.1. The van der Waals surface area contributed by atoms with Gasteiger partial charge in [0.2, 0.25) is 5.91 Å². The molecular weight excluding hydrogens is 206 g/mol. The third-order valence-electron chi connectivity index (χ3n) is 3.02. The number of hydrogen-bond donors (Lipinski definition) is 1.